The molecule has 0 unspecified atom stereocenters. The summed E-state index contributed by atoms with van der Waals surface area (Å²) in [5, 5.41) is 10.4. The van der Waals surface area contributed by atoms with E-state index in [4.69, 9.17) is 24.1 Å². The van der Waals surface area contributed by atoms with Crippen LogP contribution in [-0.4, -0.2) is 99.0 Å². The van der Waals surface area contributed by atoms with Crippen molar-refractivity contribution in [3.8, 4) is 17.2 Å². The van der Waals surface area contributed by atoms with Crippen molar-refractivity contribution in [2.45, 2.75) is 50.7 Å². The van der Waals surface area contributed by atoms with Crippen LogP contribution >= 0.6 is 0 Å². The van der Waals surface area contributed by atoms with Gasteiger partial charge in [-0.3, -0.25) is 9.59 Å². The first kappa shape index (κ1) is 31.0. The van der Waals surface area contributed by atoms with E-state index in [0.717, 1.165) is 51.9 Å². The molecule has 0 aromatic heterocycles. The van der Waals surface area contributed by atoms with E-state index in [1.807, 2.05) is 9.80 Å². The molecule has 2 N–H and O–H groups in total. The molecule has 38 heavy (non-hydrogen) atoms. The number of hydrogen-bond donors (Lipinski definition) is 2. The highest BCUT2D eigenvalue weighted by molar-refractivity contribution is 5.96. The molecule has 0 radical (unpaired) electrons. The minimum atomic E-state index is -5.08. The Bertz CT molecular complexity index is 922. The Balaban J connectivity index is 0.000000638. The summed E-state index contributed by atoms with van der Waals surface area (Å²) in [6.07, 6.45) is 0.607. The fourth-order valence-electron chi connectivity index (χ4n) is 4.50. The van der Waals surface area contributed by atoms with E-state index in [1.165, 1.54) is 27.8 Å². The smallest absolute Gasteiger partial charge is 0.490 e. The number of carboxylic acids is 1. The predicted octanol–water partition coefficient (Wildman–Crippen LogP) is 2.94. The second kappa shape index (κ2) is 14.6. The molecule has 0 bridgehead atoms. The second-order valence-corrected chi connectivity index (χ2v) is 8.89. The van der Waals surface area contributed by atoms with Crippen molar-refractivity contribution in [3.63, 3.8) is 0 Å². The summed E-state index contributed by atoms with van der Waals surface area (Å²) in [5.74, 6) is -1.39. The number of carbonyl (C=O) groups excluding carboxylic acids is 2. The summed E-state index contributed by atoms with van der Waals surface area (Å²) in [6, 6.07) is 3.53. The van der Waals surface area contributed by atoms with Gasteiger partial charge in [0.05, 0.1) is 21.3 Å². The van der Waals surface area contributed by atoms with Crippen LogP contribution in [0.25, 0.3) is 0 Å². The number of nitrogens with zero attached hydrogens (tertiary/aromatic N) is 2. The van der Waals surface area contributed by atoms with Crippen LogP contribution in [-0.2, 0) is 9.59 Å². The first-order valence-electron chi connectivity index (χ1n) is 12.4. The van der Waals surface area contributed by atoms with Gasteiger partial charge in [0, 0.05) is 50.7 Å². The van der Waals surface area contributed by atoms with Gasteiger partial charge < -0.3 is 34.4 Å². The number of amides is 2. The Labute approximate surface area is 220 Å². The molecule has 0 atom stereocenters. The lowest BCUT2D eigenvalue weighted by Crippen LogP contribution is -2.48. The third-order valence-corrected chi connectivity index (χ3v) is 6.47. The Morgan fingerprint density at radius 1 is 1.00 bits per heavy atom. The van der Waals surface area contributed by atoms with Crippen LogP contribution < -0.4 is 19.5 Å². The van der Waals surface area contributed by atoms with E-state index >= 15 is 0 Å². The van der Waals surface area contributed by atoms with Gasteiger partial charge in [-0.1, -0.05) is 19.3 Å². The highest BCUT2D eigenvalue weighted by Gasteiger charge is 2.38. The number of nitrogens with one attached hydrogen (secondary N) is 1. The van der Waals surface area contributed by atoms with Crippen LogP contribution in [0.2, 0.25) is 0 Å². The fraction of sp³-hybridized carbons (Fsp3) is 0.640. The van der Waals surface area contributed by atoms with Gasteiger partial charge in [-0.15, -0.1) is 0 Å². The molecule has 1 heterocycles. The third-order valence-electron chi connectivity index (χ3n) is 6.47. The molecule has 1 aromatic rings. The highest BCUT2D eigenvalue weighted by atomic mass is 19.4. The van der Waals surface area contributed by atoms with Crippen LogP contribution in [0.3, 0.4) is 0 Å². The minimum absolute atomic E-state index is 0.0979. The number of aliphatic carboxylic acids is 1. The van der Waals surface area contributed by atoms with Gasteiger partial charge in [0.2, 0.25) is 11.7 Å². The molecular formula is C25H36F3N3O7. The fourth-order valence-corrected chi connectivity index (χ4v) is 4.50. The average Bonchev–Trinajstić information content (AvgIpc) is 2.92. The zero-order chi connectivity index (χ0) is 28.3. The maximum atomic E-state index is 13.6. The van der Waals surface area contributed by atoms with Crippen LogP contribution in [0.1, 0.15) is 48.9 Å². The highest BCUT2D eigenvalue weighted by Crippen LogP contribution is 2.39. The van der Waals surface area contributed by atoms with E-state index in [0.29, 0.717) is 35.8 Å². The summed E-state index contributed by atoms with van der Waals surface area (Å²) in [6.45, 7) is 3.51. The van der Waals surface area contributed by atoms with Crippen LogP contribution in [0.15, 0.2) is 12.1 Å². The zero-order valence-corrected chi connectivity index (χ0v) is 21.9. The lowest BCUT2D eigenvalue weighted by atomic mass is 9.93. The van der Waals surface area contributed by atoms with E-state index in [1.54, 1.807) is 12.1 Å². The summed E-state index contributed by atoms with van der Waals surface area (Å²) in [4.78, 5) is 39.0. The SMILES string of the molecule is COc1cc(C(=O)N(CCC(=O)N2CCNCC2)C2CCCCC2)cc(OC)c1OC.O=C(O)C(F)(F)F. The summed E-state index contributed by atoms with van der Waals surface area (Å²) in [7, 11) is 4.62. The monoisotopic (exact) mass is 547 g/mol. The van der Waals surface area contributed by atoms with E-state index < -0.39 is 12.1 Å². The van der Waals surface area contributed by atoms with E-state index in [-0.39, 0.29) is 17.9 Å². The van der Waals surface area contributed by atoms with Gasteiger partial charge in [0.15, 0.2) is 11.5 Å². The average molecular weight is 548 g/mol. The topological polar surface area (TPSA) is 118 Å². The number of carbonyl (C=O) groups is 3. The largest absolute Gasteiger partial charge is 0.493 e. The van der Waals surface area contributed by atoms with Crippen LogP contribution in [0.4, 0.5) is 13.2 Å². The van der Waals surface area contributed by atoms with Gasteiger partial charge in [0.25, 0.3) is 5.91 Å². The lowest BCUT2D eigenvalue weighted by molar-refractivity contribution is -0.192. The number of carboxylic acid groups (broad SMARTS) is 1. The first-order valence-corrected chi connectivity index (χ1v) is 12.4. The Hall–Kier alpha value is -3.22. The summed E-state index contributed by atoms with van der Waals surface area (Å²) < 4.78 is 48.0. The van der Waals surface area contributed by atoms with Gasteiger partial charge in [-0.2, -0.15) is 13.2 Å². The number of rotatable bonds is 8. The molecule has 1 saturated carbocycles. The molecule has 1 aliphatic carbocycles. The predicted molar refractivity (Wildman–Crippen MR) is 132 cm³/mol. The maximum absolute atomic E-state index is 13.6. The number of ether oxygens (including phenoxy) is 3. The second-order valence-electron chi connectivity index (χ2n) is 8.89. The molecule has 2 amide bonds. The van der Waals surface area contributed by atoms with Gasteiger partial charge in [0.1, 0.15) is 0 Å². The normalized spacial score (nSPS) is 16.1. The van der Waals surface area contributed by atoms with Crippen molar-refractivity contribution in [3.05, 3.63) is 17.7 Å². The minimum Gasteiger partial charge on any atom is -0.493 e. The van der Waals surface area contributed by atoms with Gasteiger partial charge in [-0.05, 0) is 25.0 Å². The number of methoxy groups -OCH3 is 3. The molecule has 13 heteroatoms. The van der Waals surface area contributed by atoms with Gasteiger partial charge >= 0.3 is 12.1 Å². The summed E-state index contributed by atoms with van der Waals surface area (Å²) >= 11 is 0. The number of halogens is 3. The molecule has 1 aliphatic heterocycles. The summed E-state index contributed by atoms with van der Waals surface area (Å²) in [5.41, 5.74) is 0.481. The third kappa shape index (κ3) is 8.67. The van der Waals surface area contributed by atoms with Crippen molar-refractivity contribution in [2.24, 2.45) is 0 Å². The molecule has 1 aromatic carbocycles. The lowest BCUT2D eigenvalue weighted by Gasteiger charge is -2.35. The zero-order valence-electron chi connectivity index (χ0n) is 21.9. The van der Waals surface area contributed by atoms with E-state index in [9.17, 15) is 22.8 Å². The molecule has 2 fully saturated rings. The van der Waals surface area contributed by atoms with Crippen molar-refractivity contribution in [1.29, 1.82) is 0 Å². The molecule has 10 nitrogen and oxygen atoms in total. The number of alkyl halides is 3. The van der Waals surface area contributed by atoms with Crippen molar-refractivity contribution in [1.82, 2.24) is 15.1 Å². The standard InChI is InChI=1S/C23H35N3O5.C2HF3O2/c1-29-19-15-17(16-20(30-2)22(19)31-3)23(28)26(18-7-5-4-6-8-18)12-9-21(27)25-13-10-24-11-14-25;3-2(4,5)1(6)7/h15-16,18,24H,4-14H2,1-3H3;(H,6,7). The molecule has 0 spiro atoms. The van der Waals surface area contributed by atoms with Crippen LogP contribution in [0.5, 0.6) is 17.2 Å². The Kier molecular flexibility index (Phi) is 11.9. The van der Waals surface area contributed by atoms with Crippen molar-refractivity contribution >= 4 is 17.8 Å². The molecule has 214 valence electrons. The van der Waals surface area contributed by atoms with Crippen LogP contribution in [0, 0.1) is 0 Å². The number of benzene rings is 1. The maximum Gasteiger partial charge on any atom is 0.490 e. The Morgan fingerprint density at radius 2 is 1.53 bits per heavy atom. The number of piperazine rings is 1. The Morgan fingerprint density at radius 3 is 1.97 bits per heavy atom. The molecular weight excluding hydrogens is 511 g/mol. The van der Waals surface area contributed by atoms with Crippen molar-refractivity contribution < 1.29 is 46.9 Å². The van der Waals surface area contributed by atoms with Crippen molar-refractivity contribution in [2.75, 3.05) is 54.1 Å². The number of hydrogen-bond acceptors (Lipinski definition) is 7. The van der Waals surface area contributed by atoms with E-state index in [2.05, 4.69) is 5.32 Å². The van der Waals surface area contributed by atoms with Gasteiger partial charge in [-0.25, -0.2) is 4.79 Å². The molecule has 3 rings (SSSR count). The molecule has 2 aliphatic rings. The first-order chi connectivity index (χ1) is 18.0. The quantitative estimate of drug-likeness (QED) is 0.510. The molecule has 1 saturated heterocycles.